The lowest BCUT2D eigenvalue weighted by molar-refractivity contribution is -0.163. The van der Waals surface area contributed by atoms with Crippen molar-refractivity contribution in [2.45, 2.75) is 284 Å². The molecule has 0 aliphatic carbocycles. The van der Waals surface area contributed by atoms with E-state index in [1.165, 1.54) is 135 Å². The number of esters is 2. The van der Waals surface area contributed by atoms with Gasteiger partial charge in [-0.3, -0.25) is 9.59 Å². The molecule has 1 atom stereocenters. The van der Waals surface area contributed by atoms with E-state index in [0.717, 1.165) is 109 Å². The Labute approximate surface area is 434 Å². The molecule has 0 aliphatic rings. The van der Waals surface area contributed by atoms with Crippen LogP contribution in [0.2, 0.25) is 0 Å². The number of carbonyl (C=O) groups is 2. The number of carbonyl (C=O) groups excluding carboxylic acids is 2. The molecule has 0 radical (unpaired) electrons. The van der Waals surface area contributed by atoms with Crippen LogP contribution in [0.15, 0.2) is 97.2 Å². The van der Waals surface area contributed by atoms with Gasteiger partial charge < -0.3 is 14.2 Å². The van der Waals surface area contributed by atoms with Crippen LogP contribution in [-0.2, 0) is 23.8 Å². The molecule has 0 fully saturated rings. The Morgan fingerprint density at radius 3 is 1.04 bits per heavy atom. The van der Waals surface area contributed by atoms with Gasteiger partial charge >= 0.3 is 11.9 Å². The molecular formula is C65H112O5. The zero-order valence-corrected chi connectivity index (χ0v) is 46.3. The number of allylic oxidation sites excluding steroid dienone is 16. The molecule has 5 nitrogen and oxygen atoms in total. The summed E-state index contributed by atoms with van der Waals surface area (Å²) in [5.74, 6) is -0.435. The summed E-state index contributed by atoms with van der Waals surface area (Å²) >= 11 is 0. The second-order valence-corrected chi connectivity index (χ2v) is 19.5. The smallest absolute Gasteiger partial charge is 0.306 e. The lowest BCUT2D eigenvalue weighted by Gasteiger charge is -2.18. The van der Waals surface area contributed by atoms with Crippen molar-refractivity contribution in [2.24, 2.45) is 0 Å². The quantitative estimate of drug-likeness (QED) is 0.0345. The lowest BCUT2D eigenvalue weighted by atomic mass is 10.0. The fourth-order valence-electron chi connectivity index (χ4n) is 8.26. The molecule has 402 valence electrons. The Morgan fingerprint density at radius 2 is 0.643 bits per heavy atom. The van der Waals surface area contributed by atoms with E-state index in [4.69, 9.17) is 14.2 Å². The SMILES string of the molecule is CC/C=C\C/C=C\C/C=C\C/C=C\C/C=C\CCCCCC(=O)OCC(COCCCCCCCC/C=C\C/C=C\C/C=C\CC)OC(=O)CCCCCCCCCCCCCCCCCCCCC. The van der Waals surface area contributed by atoms with Gasteiger partial charge in [-0.1, -0.05) is 266 Å². The first-order chi connectivity index (χ1) is 34.6. The summed E-state index contributed by atoms with van der Waals surface area (Å²) in [7, 11) is 0. The predicted molar refractivity (Wildman–Crippen MR) is 306 cm³/mol. The molecule has 0 saturated carbocycles. The van der Waals surface area contributed by atoms with E-state index in [1.807, 2.05) is 0 Å². The van der Waals surface area contributed by atoms with Crippen molar-refractivity contribution < 1.29 is 23.8 Å². The van der Waals surface area contributed by atoms with Gasteiger partial charge in [0.15, 0.2) is 6.10 Å². The Kier molecular flexibility index (Phi) is 57.4. The molecule has 70 heavy (non-hydrogen) atoms. The molecule has 0 aromatic rings. The van der Waals surface area contributed by atoms with E-state index in [1.54, 1.807) is 0 Å². The molecule has 1 unspecified atom stereocenters. The molecule has 0 amide bonds. The van der Waals surface area contributed by atoms with Gasteiger partial charge in [0, 0.05) is 19.4 Å². The van der Waals surface area contributed by atoms with Crippen LogP contribution in [-0.4, -0.2) is 37.9 Å². The van der Waals surface area contributed by atoms with E-state index in [-0.39, 0.29) is 25.2 Å². The molecule has 0 aromatic heterocycles. The molecule has 0 N–H and O–H groups in total. The predicted octanol–water partition coefficient (Wildman–Crippen LogP) is 20.6. The van der Waals surface area contributed by atoms with Crippen LogP contribution in [0.5, 0.6) is 0 Å². The molecule has 0 aliphatic heterocycles. The third kappa shape index (κ3) is 57.4. The minimum absolute atomic E-state index is 0.0604. The Bertz CT molecular complexity index is 1330. The van der Waals surface area contributed by atoms with Gasteiger partial charge in [0.25, 0.3) is 0 Å². The van der Waals surface area contributed by atoms with Crippen molar-refractivity contribution in [1.29, 1.82) is 0 Å². The minimum Gasteiger partial charge on any atom is -0.462 e. The normalized spacial score (nSPS) is 12.9. The Balaban J connectivity index is 4.34. The van der Waals surface area contributed by atoms with Crippen molar-refractivity contribution >= 4 is 11.9 Å². The van der Waals surface area contributed by atoms with E-state index in [9.17, 15) is 9.59 Å². The van der Waals surface area contributed by atoms with Gasteiger partial charge in [0.1, 0.15) is 6.61 Å². The van der Waals surface area contributed by atoms with Gasteiger partial charge in [-0.2, -0.15) is 0 Å². The molecule has 0 saturated heterocycles. The highest BCUT2D eigenvalue weighted by Crippen LogP contribution is 2.16. The lowest BCUT2D eigenvalue weighted by Crippen LogP contribution is -2.30. The zero-order valence-electron chi connectivity index (χ0n) is 46.3. The van der Waals surface area contributed by atoms with Crippen molar-refractivity contribution in [3.05, 3.63) is 97.2 Å². The fraction of sp³-hybridized carbons (Fsp3) is 0.723. The number of unbranched alkanes of at least 4 members (excludes halogenated alkanes) is 27. The highest BCUT2D eigenvalue weighted by molar-refractivity contribution is 5.70. The van der Waals surface area contributed by atoms with Crippen molar-refractivity contribution in [3.8, 4) is 0 Å². The molecule has 0 spiro atoms. The van der Waals surface area contributed by atoms with Crippen molar-refractivity contribution in [3.63, 3.8) is 0 Å². The van der Waals surface area contributed by atoms with Crippen LogP contribution in [0.1, 0.15) is 278 Å². The maximum absolute atomic E-state index is 12.9. The second kappa shape index (κ2) is 60.1. The van der Waals surface area contributed by atoms with Crippen LogP contribution < -0.4 is 0 Å². The number of ether oxygens (including phenoxy) is 3. The van der Waals surface area contributed by atoms with Crippen molar-refractivity contribution in [2.75, 3.05) is 19.8 Å². The zero-order chi connectivity index (χ0) is 50.6. The molecule has 0 rings (SSSR count). The summed E-state index contributed by atoms with van der Waals surface area (Å²) in [5, 5.41) is 0. The summed E-state index contributed by atoms with van der Waals surface area (Å²) in [6.07, 6.45) is 81.5. The van der Waals surface area contributed by atoms with Gasteiger partial charge in [0.2, 0.25) is 0 Å². The first-order valence-corrected chi connectivity index (χ1v) is 29.8. The topological polar surface area (TPSA) is 61.8 Å². The maximum atomic E-state index is 12.9. The Hall–Kier alpha value is -3.18. The number of hydrogen-bond donors (Lipinski definition) is 0. The second-order valence-electron chi connectivity index (χ2n) is 19.5. The van der Waals surface area contributed by atoms with E-state index in [2.05, 4.69) is 118 Å². The average molecular weight is 974 g/mol. The number of hydrogen-bond acceptors (Lipinski definition) is 5. The molecule has 5 heteroatoms. The third-order valence-corrected chi connectivity index (χ3v) is 12.6. The maximum Gasteiger partial charge on any atom is 0.306 e. The van der Waals surface area contributed by atoms with Gasteiger partial charge in [-0.05, 0) is 96.3 Å². The van der Waals surface area contributed by atoms with Crippen LogP contribution in [0.3, 0.4) is 0 Å². The first-order valence-electron chi connectivity index (χ1n) is 29.8. The monoisotopic (exact) mass is 973 g/mol. The minimum atomic E-state index is -0.562. The summed E-state index contributed by atoms with van der Waals surface area (Å²) in [5.41, 5.74) is 0. The molecule has 0 bridgehead atoms. The number of rotatable bonds is 54. The van der Waals surface area contributed by atoms with E-state index in [0.29, 0.717) is 19.4 Å². The van der Waals surface area contributed by atoms with E-state index >= 15 is 0 Å². The van der Waals surface area contributed by atoms with E-state index < -0.39 is 6.10 Å². The fourth-order valence-corrected chi connectivity index (χ4v) is 8.26. The van der Waals surface area contributed by atoms with Gasteiger partial charge in [-0.15, -0.1) is 0 Å². The van der Waals surface area contributed by atoms with Gasteiger partial charge in [-0.25, -0.2) is 0 Å². The third-order valence-electron chi connectivity index (χ3n) is 12.6. The molecular weight excluding hydrogens is 861 g/mol. The molecule has 0 heterocycles. The summed E-state index contributed by atoms with van der Waals surface area (Å²) < 4.78 is 17.5. The van der Waals surface area contributed by atoms with Crippen molar-refractivity contribution in [1.82, 2.24) is 0 Å². The standard InChI is InChI=1S/C65H112O5/c1-4-7-10-13-16-19-22-25-28-31-33-35-37-40-43-46-49-52-55-58-64(66)69-62-63(61-68-60-57-54-51-48-45-42-39-30-27-24-21-18-15-12-9-6-3)70-65(67)59-56-53-50-47-44-41-38-36-34-32-29-26-23-20-17-14-11-8-5-2/h7,9-10,12,16,18-19,21,25,27-28,30,33,35,40,43,63H,4-6,8,11,13-15,17,20,22-24,26,29,31-32,34,36-39,41-42,44-62H2,1-3H3/b10-7-,12-9-,19-16-,21-18-,28-25-,30-27-,35-33-,43-40-. The first kappa shape index (κ1) is 66.8. The van der Waals surface area contributed by atoms with Crippen LogP contribution in [0.4, 0.5) is 0 Å². The Morgan fingerprint density at radius 1 is 0.329 bits per heavy atom. The highest BCUT2D eigenvalue weighted by atomic mass is 16.6. The van der Waals surface area contributed by atoms with Crippen LogP contribution in [0.25, 0.3) is 0 Å². The summed E-state index contributed by atoms with van der Waals surface area (Å²) in [4.78, 5) is 25.6. The summed E-state index contributed by atoms with van der Waals surface area (Å²) in [6, 6.07) is 0. The van der Waals surface area contributed by atoms with Crippen LogP contribution >= 0.6 is 0 Å². The summed E-state index contributed by atoms with van der Waals surface area (Å²) in [6.45, 7) is 7.57. The molecule has 0 aromatic carbocycles. The highest BCUT2D eigenvalue weighted by Gasteiger charge is 2.17. The van der Waals surface area contributed by atoms with Crippen LogP contribution in [0, 0.1) is 0 Å². The van der Waals surface area contributed by atoms with Gasteiger partial charge in [0.05, 0.1) is 6.61 Å². The average Bonchev–Trinajstić information content (AvgIpc) is 3.36. The largest absolute Gasteiger partial charge is 0.462 e.